The molecule has 2 unspecified atom stereocenters. The lowest BCUT2D eigenvalue weighted by Gasteiger charge is -2.42. The van der Waals surface area contributed by atoms with Crippen LogP contribution in [0.15, 0.2) is 42.5 Å². The molecule has 2 N–H and O–H groups in total. The highest BCUT2D eigenvalue weighted by Gasteiger charge is 2.60. The third-order valence-corrected chi connectivity index (χ3v) is 7.60. The fraction of sp³-hybridized carbons (Fsp3) is 0.429. The molecule has 0 aliphatic carbocycles. The molecule has 2 aliphatic heterocycles. The number of phenols is 1. The van der Waals surface area contributed by atoms with Crippen LogP contribution >= 0.6 is 0 Å². The van der Waals surface area contributed by atoms with Crippen LogP contribution in [0.3, 0.4) is 0 Å². The molecule has 190 valence electrons. The van der Waals surface area contributed by atoms with E-state index >= 15 is 0 Å². The summed E-state index contributed by atoms with van der Waals surface area (Å²) in [5.41, 5.74) is 2.53. The Kier molecular flexibility index (Phi) is 6.16. The van der Waals surface area contributed by atoms with Gasteiger partial charge < -0.3 is 19.7 Å². The Hall–Kier alpha value is -3.52. The van der Waals surface area contributed by atoms with Crippen LogP contribution < -0.4 is 4.74 Å². The first-order chi connectivity index (χ1) is 17.3. The molecule has 5 rings (SSSR count). The van der Waals surface area contributed by atoms with Gasteiger partial charge in [0.2, 0.25) is 0 Å². The van der Waals surface area contributed by atoms with Crippen molar-refractivity contribution in [3.63, 3.8) is 0 Å². The van der Waals surface area contributed by atoms with E-state index in [1.165, 1.54) is 4.90 Å². The number of rotatable bonds is 8. The van der Waals surface area contributed by atoms with E-state index in [-0.39, 0.29) is 17.7 Å². The van der Waals surface area contributed by atoms with Gasteiger partial charge in [0.15, 0.2) is 0 Å². The molecule has 2 aliphatic rings. The van der Waals surface area contributed by atoms with Gasteiger partial charge in [-0.25, -0.2) is 4.79 Å². The number of carbonyl (C=O) groups excluding carboxylic acids is 2. The van der Waals surface area contributed by atoms with Crippen molar-refractivity contribution in [3.05, 3.63) is 59.3 Å². The normalized spacial score (nSPS) is 21.4. The maximum Gasteiger partial charge on any atom is 0.328 e. The molecule has 36 heavy (non-hydrogen) atoms. The van der Waals surface area contributed by atoms with Crippen molar-refractivity contribution in [3.8, 4) is 11.5 Å². The third-order valence-electron chi connectivity index (χ3n) is 7.60. The summed E-state index contributed by atoms with van der Waals surface area (Å²) in [4.78, 5) is 36.6. The summed E-state index contributed by atoms with van der Waals surface area (Å²) < 4.78 is 5.75. The van der Waals surface area contributed by atoms with Gasteiger partial charge in [-0.3, -0.25) is 14.6 Å². The Morgan fingerprint density at radius 3 is 2.72 bits per heavy atom. The SMILES string of the molecule is CCOc1ccc2[nH]c3c(c2c1)CC1(C)C(=O)N(CCCN(C)CC)C(=O)N1C3c1cccc(O)c1. The molecule has 2 atom stereocenters. The smallest absolute Gasteiger partial charge is 0.328 e. The van der Waals surface area contributed by atoms with Gasteiger partial charge in [-0.15, -0.1) is 0 Å². The van der Waals surface area contributed by atoms with Crippen molar-refractivity contribution in [2.24, 2.45) is 0 Å². The fourth-order valence-corrected chi connectivity index (χ4v) is 5.64. The number of ether oxygens (including phenoxy) is 1. The first-order valence-corrected chi connectivity index (χ1v) is 12.7. The molecule has 0 spiro atoms. The largest absolute Gasteiger partial charge is 0.508 e. The zero-order valence-electron chi connectivity index (χ0n) is 21.4. The molecule has 8 nitrogen and oxygen atoms in total. The van der Waals surface area contributed by atoms with Gasteiger partial charge in [-0.2, -0.15) is 0 Å². The topological polar surface area (TPSA) is 89.1 Å². The van der Waals surface area contributed by atoms with Crippen LogP contribution in [0.2, 0.25) is 0 Å². The second-order valence-corrected chi connectivity index (χ2v) is 9.96. The van der Waals surface area contributed by atoms with Gasteiger partial charge in [0.05, 0.1) is 6.61 Å². The van der Waals surface area contributed by atoms with Crippen LogP contribution in [0.4, 0.5) is 4.79 Å². The Labute approximate surface area is 211 Å². The van der Waals surface area contributed by atoms with Crippen LogP contribution in [0.25, 0.3) is 10.9 Å². The Morgan fingerprint density at radius 2 is 2.00 bits per heavy atom. The molecule has 0 bridgehead atoms. The maximum atomic E-state index is 13.9. The lowest BCUT2D eigenvalue weighted by Crippen LogP contribution is -2.53. The van der Waals surface area contributed by atoms with E-state index < -0.39 is 11.6 Å². The predicted molar refractivity (Wildman–Crippen MR) is 138 cm³/mol. The second kappa shape index (κ2) is 9.17. The van der Waals surface area contributed by atoms with Crippen LogP contribution in [-0.4, -0.2) is 75.6 Å². The number of nitrogens with one attached hydrogen (secondary N) is 1. The predicted octanol–water partition coefficient (Wildman–Crippen LogP) is 4.28. The van der Waals surface area contributed by atoms with Crippen molar-refractivity contribution in [2.45, 2.75) is 45.2 Å². The van der Waals surface area contributed by atoms with E-state index in [1.54, 1.807) is 23.1 Å². The van der Waals surface area contributed by atoms with Gasteiger partial charge in [0.25, 0.3) is 5.91 Å². The number of phenolic OH excluding ortho intramolecular Hbond substituents is 1. The molecule has 0 saturated carbocycles. The standard InChI is InChI=1S/C28H34N4O4/c1-5-30(4)13-8-14-31-26(34)28(3)17-22-21-16-20(36-6-2)11-12-23(21)29-24(22)25(32(28)27(31)35)18-9-7-10-19(33)15-18/h7,9-12,15-16,25,29,33H,5-6,8,13-14,17H2,1-4H3. The van der Waals surface area contributed by atoms with E-state index in [0.717, 1.165) is 46.6 Å². The van der Waals surface area contributed by atoms with E-state index in [1.807, 2.05) is 45.2 Å². The molecule has 1 aromatic heterocycles. The minimum Gasteiger partial charge on any atom is -0.508 e. The number of carbonyl (C=O) groups is 2. The fourth-order valence-electron chi connectivity index (χ4n) is 5.64. The summed E-state index contributed by atoms with van der Waals surface area (Å²) in [7, 11) is 2.03. The van der Waals surface area contributed by atoms with Crippen LogP contribution in [0, 0.1) is 0 Å². The summed E-state index contributed by atoms with van der Waals surface area (Å²) in [5, 5.41) is 11.3. The quantitative estimate of drug-likeness (QED) is 0.460. The molecule has 3 aromatic rings. The van der Waals surface area contributed by atoms with Crippen LogP contribution in [0.5, 0.6) is 11.5 Å². The average Bonchev–Trinajstić information content (AvgIpc) is 3.30. The van der Waals surface area contributed by atoms with Crippen LogP contribution in [-0.2, 0) is 11.2 Å². The minimum atomic E-state index is -1.03. The lowest BCUT2D eigenvalue weighted by atomic mass is 9.81. The van der Waals surface area contributed by atoms with Gasteiger partial charge in [-0.1, -0.05) is 19.1 Å². The number of nitrogens with zero attached hydrogens (tertiary/aromatic N) is 3. The molecular formula is C28H34N4O4. The number of H-pyrrole nitrogens is 1. The second-order valence-electron chi connectivity index (χ2n) is 9.96. The van der Waals surface area contributed by atoms with Crippen molar-refractivity contribution >= 4 is 22.8 Å². The summed E-state index contributed by atoms with van der Waals surface area (Å²) in [6, 6.07) is 12.0. The Balaban J connectivity index is 1.62. The van der Waals surface area contributed by atoms with Crippen LogP contribution in [0.1, 0.15) is 50.1 Å². The number of imide groups is 1. The zero-order chi connectivity index (χ0) is 25.6. The molecule has 1 fully saturated rings. The molecular weight excluding hydrogens is 456 g/mol. The number of benzene rings is 2. The minimum absolute atomic E-state index is 0.119. The Morgan fingerprint density at radius 1 is 1.19 bits per heavy atom. The third kappa shape index (κ3) is 3.80. The number of hydrogen-bond acceptors (Lipinski definition) is 5. The number of amides is 3. The van der Waals surface area contributed by atoms with E-state index in [9.17, 15) is 14.7 Å². The molecule has 1 saturated heterocycles. The maximum absolute atomic E-state index is 13.9. The van der Waals surface area contributed by atoms with Gasteiger partial charge in [0, 0.05) is 29.6 Å². The molecule has 0 radical (unpaired) electrons. The zero-order valence-corrected chi connectivity index (χ0v) is 21.4. The van der Waals surface area contributed by atoms with Gasteiger partial charge in [-0.05, 0) is 81.9 Å². The molecule has 3 amide bonds. The van der Waals surface area contributed by atoms with E-state index in [4.69, 9.17) is 4.74 Å². The first kappa shape index (κ1) is 24.2. The molecule has 8 heteroatoms. The summed E-state index contributed by atoms with van der Waals surface area (Å²) in [6.07, 6.45) is 1.12. The number of aromatic hydroxyl groups is 1. The molecule has 2 aromatic carbocycles. The highest BCUT2D eigenvalue weighted by Crippen LogP contribution is 2.49. The number of hydrogen-bond donors (Lipinski definition) is 2. The highest BCUT2D eigenvalue weighted by atomic mass is 16.5. The lowest BCUT2D eigenvalue weighted by molar-refractivity contribution is -0.133. The number of aromatic amines is 1. The van der Waals surface area contributed by atoms with Gasteiger partial charge in [0.1, 0.15) is 23.1 Å². The van der Waals surface area contributed by atoms with Crippen molar-refractivity contribution in [1.29, 1.82) is 0 Å². The highest BCUT2D eigenvalue weighted by molar-refractivity contribution is 6.08. The number of urea groups is 1. The van der Waals surface area contributed by atoms with E-state index in [2.05, 4.69) is 16.8 Å². The molecule has 3 heterocycles. The summed E-state index contributed by atoms with van der Waals surface area (Å²) >= 11 is 0. The number of aromatic nitrogens is 1. The van der Waals surface area contributed by atoms with Gasteiger partial charge >= 0.3 is 6.03 Å². The Bertz CT molecular complexity index is 1320. The van der Waals surface area contributed by atoms with Crippen molar-refractivity contribution < 1.29 is 19.4 Å². The van der Waals surface area contributed by atoms with E-state index in [0.29, 0.717) is 26.0 Å². The van der Waals surface area contributed by atoms with Crippen molar-refractivity contribution in [1.82, 2.24) is 19.7 Å². The first-order valence-electron chi connectivity index (χ1n) is 12.7. The summed E-state index contributed by atoms with van der Waals surface area (Å²) in [6.45, 7) is 8.57. The number of fused-ring (bicyclic) bond motifs is 4. The summed E-state index contributed by atoms with van der Waals surface area (Å²) in [5.74, 6) is 0.718. The monoisotopic (exact) mass is 490 g/mol. The average molecular weight is 491 g/mol. The van der Waals surface area contributed by atoms with Crippen molar-refractivity contribution in [2.75, 3.05) is 33.3 Å².